The standard InChI is InChI=1S/C20H25ClN2O2S/c1-16-11-13-23(14-12-16)20(17-5-3-2-4-6-17)15-22-26(24,25)19-9-7-18(21)8-10-19/h2-10,16,20,22H,11-15H2,1H3/t20-/m1/s1. The molecule has 2 aromatic rings. The summed E-state index contributed by atoms with van der Waals surface area (Å²) in [6.07, 6.45) is 2.29. The molecular weight excluding hydrogens is 368 g/mol. The summed E-state index contributed by atoms with van der Waals surface area (Å²) in [5.41, 5.74) is 1.14. The zero-order chi connectivity index (χ0) is 18.6. The Bertz CT molecular complexity index is 801. The maximum atomic E-state index is 12.6. The van der Waals surface area contributed by atoms with Gasteiger partial charge in [-0.25, -0.2) is 13.1 Å². The molecule has 1 N–H and O–H groups in total. The van der Waals surface area contributed by atoms with Gasteiger partial charge in [0.2, 0.25) is 10.0 Å². The molecule has 4 nitrogen and oxygen atoms in total. The molecule has 1 fully saturated rings. The van der Waals surface area contributed by atoms with Gasteiger partial charge in [-0.1, -0.05) is 48.9 Å². The molecule has 1 atom stereocenters. The summed E-state index contributed by atoms with van der Waals surface area (Å²) in [6.45, 7) is 4.61. The lowest BCUT2D eigenvalue weighted by Crippen LogP contribution is -2.41. The molecule has 1 aliphatic rings. The maximum absolute atomic E-state index is 12.6. The van der Waals surface area contributed by atoms with Crippen LogP contribution in [0.4, 0.5) is 0 Å². The fourth-order valence-electron chi connectivity index (χ4n) is 3.36. The van der Waals surface area contributed by atoms with Crippen molar-refractivity contribution in [1.82, 2.24) is 9.62 Å². The zero-order valence-electron chi connectivity index (χ0n) is 14.9. The van der Waals surface area contributed by atoms with Gasteiger partial charge in [-0.2, -0.15) is 0 Å². The van der Waals surface area contributed by atoms with Gasteiger partial charge >= 0.3 is 0 Å². The predicted octanol–water partition coefficient (Wildman–Crippen LogP) is 4.09. The predicted molar refractivity (Wildman–Crippen MR) is 106 cm³/mol. The fourth-order valence-corrected chi connectivity index (χ4v) is 4.52. The lowest BCUT2D eigenvalue weighted by atomic mass is 9.96. The number of sulfonamides is 1. The summed E-state index contributed by atoms with van der Waals surface area (Å²) < 4.78 is 28.1. The van der Waals surface area contributed by atoms with Crippen LogP contribution in [0.15, 0.2) is 59.5 Å². The van der Waals surface area contributed by atoms with Gasteiger partial charge in [-0.15, -0.1) is 0 Å². The van der Waals surface area contributed by atoms with Gasteiger partial charge in [0.1, 0.15) is 0 Å². The van der Waals surface area contributed by atoms with E-state index in [1.165, 1.54) is 12.1 Å². The first-order valence-electron chi connectivity index (χ1n) is 9.00. The average molecular weight is 393 g/mol. The summed E-state index contributed by atoms with van der Waals surface area (Å²) in [7, 11) is -3.56. The van der Waals surface area contributed by atoms with Crippen molar-refractivity contribution in [3.63, 3.8) is 0 Å². The lowest BCUT2D eigenvalue weighted by molar-refractivity contribution is 0.139. The van der Waals surface area contributed by atoms with Gasteiger partial charge in [0.25, 0.3) is 0 Å². The van der Waals surface area contributed by atoms with E-state index in [-0.39, 0.29) is 10.9 Å². The highest BCUT2D eigenvalue weighted by molar-refractivity contribution is 7.89. The number of nitrogens with zero attached hydrogens (tertiary/aromatic N) is 1. The zero-order valence-corrected chi connectivity index (χ0v) is 16.5. The summed E-state index contributed by atoms with van der Waals surface area (Å²) >= 11 is 5.86. The fraction of sp³-hybridized carbons (Fsp3) is 0.400. The normalized spacial score (nSPS) is 17.9. The molecule has 0 bridgehead atoms. The van der Waals surface area contributed by atoms with Gasteiger partial charge < -0.3 is 0 Å². The minimum atomic E-state index is -3.56. The average Bonchev–Trinajstić information content (AvgIpc) is 2.64. The van der Waals surface area contributed by atoms with Crippen molar-refractivity contribution >= 4 is 21.6 Å². The minimum Gasteiger partial charge on any atom is -0.295 e. The van der Waals surface area contributed by atoms with Crippen molar-refractivity contribution in [2.75, 3.05) is 19.6 Å². The van der Waals surface area contributed by atoms with E-state index in [0.29, 0.717) is 11.6 Å². The van der Waals surface area contributed by atoms with E-state index in [2.05, 4.69) is 28.7 Å². The molecule has 1 heterocycles. The first-order valence-corrected chi connectivity index (χ1v) is 10.9. The number of piperidine rings is 1. The molecule has 1 saturated heterocycles. The number of halogens is 1. The van der Waals surface area contributed by atoms with Crippen LogP contribution in [0, 0.1) is 5.92 Å². The van der Waals surface area contributed by atoms with Crippen molar-refractivity contribution in [3.8, 4) is 0 Å². The molecule has 0 amide bonds. The van der Waals surface area contributed by atoms with Crippen LogP contribution in [-0.2, 0) is 10.0 Å². The van der Waals surface area contributed by atoms with Crippen LogP contribution < -0.4 is 4.72 Å². The molecule has 0 aliphatic carbocycles. The van der Waals surface area contributed by atoms with Crippen LogP contribution in [0.5, 0.6) is 0 Å². The van der Waals surface area contributed by atoms with Crippen molar-refractivity contribution < 1.29 is 8.42 Å². The molecule has 0 unspecified atom stereocenters. The van der Waals surface area contributed by atoms with Gasteiger partial charge in [-0.3, -0.25) is 4.90 Å². The third-order valence-electron chi connectivity index (χ3n) is 5.03. The van der Waals surface area contributed by atoms with Crippen molar-refractivity contribution in [2.45, 2.75) is 30.7 Å². The highest BCUT2D eigenvalue weighted by Gasteiger charge is 2.26. The van der Waals surface area contributed by atoms with Crippen LogP contribution in [0.25, 0.3) is 0 Å². The van der Waals surface area contributed by atoms with Gasteiger partial charge in [0.15, 0.2) is 0 Å². The van der Waals surface area contributed by atoms with Crippen LogP contribution in [-0.4, -0.2) is 33.0 Å². The highest BCUT2D eigenvalue weighted by Crippen LogP contribution is 2.27. The van der Waals surface area contributed by atoms with Crippen molar-refractivity contribution in [1.29, 1.82) is 0 Å². The van der Waals surface area contributed by atoms with E-state index in [1.807, 2.05) is 18.2 Å². The summed E-state index contributed by atoms with van der Waals surface area (Å²) in [5, 5.41) is 0.522. The first-order chi connectivity index (χ1) is 12.5. The molecule has 6 heteroatoms. The van der Waals surface area contributed by atoms with E-state index in [9.17, 15) is 8.42 Å². The van der Waals surface area contributed by atoms with E-state index >= 15 is 0 Å². The second-order valence-corrected chi connectivity index (χ2v) is 9.15. The maximum Gasteiger partial charge on any atom is 0.240 e. The third kappa shape index (κ3) is 4.86. The molecule has 26 heavy (non-hydrogen) atoms. The second kappa shape index (κ2) is 8.53. The SMILES string of the molecule is CC1CCN([C@H](CNS(=O)(=O)c2ccc(Cl)cc2)c2ccccc2)CC1. The Hall–Kier alpha value is -1.40. The number of rotatable bonds is 6. The minimum absolute atomic E-state index is 0.0331. The van der Waals surface area contributed by atoms with Crippen molar-refractivity contribution in [3.05, 3.63) is 65.2 Å². The van der Waals surface area contributed by atoms with Crippen molar-refractivity contribution in [2.24, 2.45) is 5.92 Å². The monoisotopic (exact) mass is 392 g/mol. The molecule has 1 aliphatic heterocycles. The Kier molecular flexibility index (Phi) is 6.35. The van der Waals surface area contributed by atoms with Crippen LogP contribution in [0.1, 0.15) is 31.4 Å². The first kappa shape index (κ1) is 19.4. The molecule has 140 valence electrons. The molecule has 0 saturated carbocycles. The van der Waals surface area contributed by atoms with E-state index in [0.717, 1.165) is 37.4 Å². The Morgan fingerprint density at radius 3 is 2.31 bits per heavy atom. The largest absolute Gasteiger partial charge is 0.295 e. The van der Waals surface area contributed by atoms with E-state index in [1.54, 1.807) is 12.1 Å². The Morgan fingerprint density at radius 1 is 1.08 bits per heavy atom. The molecule has 2 aromatic carbocycles. The Balaban J connectivity index is 1.76. The number of hydrogen-bond acceptors (Lipinski definition) is 3. The molecule has 0 radical (unpaired) electrons. The summed E-state index contributed by atoms with van der Waals surface area (Å²) in [4.78, 5) is 2.63. The van der Waals surface area contributed by atoms with Crippen LogP contribution >= 0.6 is 11.6 Å². The van der Waals surface area contributed by atoms with Gasteiger partial charge in [-0.05, 0) is 61.7 Å². The highest BCUT2D eigenvalue weighted by atomic mass is 35.5. The number of hydrogen-bond donors (Lipinski definition) is 1. The van der Waals surface area contributed by atoms with E-state index in [4.69, 9.17) is 11.6 Å². The second-order valence-electron chi connectivity index (χ2n) is 6.95. The number of nitrogens with one attached hydrogen (secondary N) is 1. The molecule has 0 aromatic heterocycles. The lowest BCUT2D eigenvalue weighted by Gasteiger charge is -2.37. The van der Waals surface area contributed by atoms with Crippen LogP contribution in [0.3, 0.4) is 0 Å². The van der Waals surface area contributed by atoms with Gasteiger partial charge in [0.05, 0.1) is 4.90 Å². The smallest absolute Gasteiger partial charge is 0.240 e. The Morgan fingerprint density at radius 2 is 1.69 bits per heavy atom. The third-order valence-corrected chi connectivity index (χ3v) is 6.73. The quantitative estimate of drug-likeness (QED) is 0.805. The number of benzene rings is 2. The molecule has 0 spiro atoms. The van der Waals surface area contributed by atoms with E-state index < -0.39 is 10.0 Å². The molecule has 3 rings (SSSR count). The van der Waals surface area contributed by atoms with Crippen LogP contribution in [0.2, 0.25) is 5.02 Å². The summed E-state index contributed by atoms with van der Waals surface area (Å²) in [6, 6.07) is 16.4. The Labute approximate surface area is 161 Å². The molecular formula is C20H25ClN2O2S. The van der Waals surface area contributed by atoms with Gasteiger partial charge in [0, 0.05) is 17.6 Å². The summed E-state index contributed by atoms with van der Waals surface area (Å²) in [5.74, 6) is 0.730. The topological polar surface area (TPSA) is 49.4 Å². The number of likely N-dealkylation sites (tertiary alicyclic amines) is 1.